The maximum atomic E-state index is 5.64. The van der Waals surface area contributed by atoms with E-state index in [9.17, 15) is 0 Å². The summed E-state index contributed by atoms with van der Waals surface area (Å²) in [5.74, 6) is 0. The molecule has 66 valence electrons. The molecule has 1 unspecified atom stereocenters. The van der Waals surface area contributed by atoms with Gasteiger partial charge in [0.1, 0.15) is 0 Å². The van der Waals surface area contributed by atoms with Crippen LogP contribution < -0.4 is 11.1 Å². The van der Waals surface area contributed by atoms with Gasteiger partial charge in [0.15, 0.2) is 0 Å². The summed E-state index contributed by atoms with van der Waals surface area (Å²) in [5.41, 5.74) is 5.74. The number of hydrogen-bond acceptors (Lipinski definition) is 2. The first kappa shape index (κ1) is 10.7. The maximum absolute atomic E-state index is 5.64. The molecular formula is C9H20N2. The zero-order chi connectivity index (χ0) is 8.74. The standard InChI is InChI=1S/C9H20N2/c1-4-6-9(3,8-10)11-7-5-2/h5,11H,2,4,6-8,10H2,1,3H3. The Bertz CT molecular complexity index is 112. The predicted molar refractivity (Wildman–Crippen MR) is 50.6 cm³/mol. The van der Waals surface area contributed by atoms with E-state index in [2.05, 4.69) is 25.7 Å². The molecule has 0 saturated carbocycles. The van der Waals surface area contributed by atoms with Gasteiger partial charge in [0.25, 0.3) is 0 Å². The quantitative estimate of drug-likeness (QED) is 0.568. The van der Waals surface area contributed by atoms with E-state index in [4.69, 9.17) is 5.73 Å². The molecule has 0 fully saturated rings. The molecule has 0 aliphatic rings. The molecule has 1 atom stereocenters. The van der Waals surface area contributed by atoms with Crippen molar-refractivity contribution >= 4 is 0 Å². The molecule has 0 radical (unpaired) electrons. The van der Waals surface area contributed by atoms with Gasteiger partial charge in [-0.25, -0.2) is 0 Å². The van der Waals surface area contributed by atoms with Crippen molar-refractivity contribution in [2.24, 2.45) is 5.73 Å². The Morgan fingerprint density at radius 2 is 2.27 bits per heavy atom. The zero-order valence-corrected chi connectivity index (χ0v) is 7.69. The first-order valence-electron chi connectivity index (χ1n) is 4.24. The largest absolute Gasteiger partial charge is 0.329 e. The lowest BCUT2D eigenvalue weighted by atomic mass is 9.96. The number of nitrogens with two attached hydrogens (primary N) is 1. The Hall–Kier alpha value is -0.340. The van der Waals surface area contributed by atoms with Crippen molar-refractivity contribution in [1.82, 2.24) is 5.32 Å². The van der Waals surface area contributed by atoms with Crippen molar-refractivity contribution in [3.8, 4) is 0 Å². The first-order chi connectivity index (χ1) is 5.18. The molecule has 0 heterocycles. The predicted octanol–water partition coefficient (Wildman–Crippen LogP) is 1.28. The highest BCUT2D eigenvalue weighted by atomic mass is 15.0. The Balaban J connectivity index is 3.76. The molecule has 0 saturated heterocycles. The summed E-state index contributed by atoms with van der Waals surface area (Å²) < 4.78 is 0. The fraction of sp³-hybridized carbons (Fsp3) is 0.778. The van der Waals surface area contributed by atoms with E-state index in [1.165, 1.54) is 0 Å². The number of hydrogen-bond donors (Lipinski definition) is 2. The highest BCUT2D eigenvalue weighted by Gasteiger charge is 2.18. The molecule has 0 aliphatic carbocycles. The van der Waals surface area contributed by atoms with E-state index in [-0.39, 0.29) is 5.54 Å². The lowest BCUT2D eigenvalue weighted by Gasteiger charge is -2.28. The fourth-order valence-corrected chi connectivity index (χ4v) is 1.13. The highest BCUT2D eigenvalue weighted by molar-refractivity contribution is 4.86. The summed E-state index contributed by atoms with van der Waals surface area (Å²) >= 11 is 0. The maximum Gasteiger partial charge on any atom is 0.0278 e. The monoisotopic (exact) mass is 156 g/mol. The topological polar surface area (TPSA) is 38.0 Å². The molecule has 0 amide bonds. The molecule has 3 N–H and O–H groups in total. The van der Waals surface area contributed by atoms with E-state index >= 15 is 0 Å². The average molecular weight is 156 g/mol. The van der Waals surface area contributed by atoms with Crippen molar-refractivity contribution in [2.75, 3.05) is 13.1 Å². The molecule has 11 heavy (non-hydrogen) atoms. The van der Waals surface area contributed by atoms with Crippen LogP contribution in [0.1, 0.15) is 26.7 Å². The molecule has 0 rings (SSSR count). The summed E-state index contributed by atoms with van der Waals surface area (Å²) in [6.07, 6.45) is 4.15. The highest BCUT2D eigenvalue weighted by Crippen LogP contribution is 2.09. The van der Waals surface area contributed by atoms with Gasteiger partial charge < -0.3 is 11.1 Å². The third-order valence-electron chi connectivity index (χ3n) is 1.93. The van der Waals surface area contributed by atoms with Gasteiger partial charge in [-0.1, -0.05) is 19.4 Å². The minimum atomic E-state index is 0.100. The van der Waals surface area contributed by atoms with Gasteiger partial charge in [-0.05, 0) is 13.3 Å². The SMILES string of the molecule is C=CCNC(C)(CN)CCC. The number of rotatable bonds is 6. The van der Waals surface area contributed by atoms with Gasteiger partial charge in [0, 0.05) is 18.6 Å². The normalized spacial score (nSPS) is 15.9. The van der Waals surface area contributed by atoms with Crippen LogP contribution in [0.2, 0.25) is 0 Å². The van der Waals surface area contributed by atoms with Crippen LogP contribution in [0.3, 0.4) is 0 Å². The smallest absolute Gasteiger partial charge is 0.0278 e. The average Bonchev–Trinajstić information content (AvgIpc) is 2.02. The molecule has 2 heteroatoms. The fourth-order valence-electron chi connectivity index (χ4n) is 1.13. The van der Waals surface area contributed by atoms with Crippen molar-refractivity contribution < 1.29 is 0 Å². The van der Waals surface area contributed by atoms with Crippen LogP contribution in [0.15, 0.2) is 12.7 Å². The summed E-state index contributed by atoms with van der Waals surface area (Å²) in [4.78, 5) is 0. The van der Waals surface area contributed by atoms with Crippen molar-refractivity contribution in [3.63, 3.8) is 0 Å². The third-order valence-corrected chi connectivity index (χ3v) is 1.93. The summed E-state index contributed by atoms with van der Waals surface area (Å²) in [7, 11) is 0. The van der Waals surface area contributed by atoms with Crippen LogP contribution in [0.25, 0.3) is 0 Å². The van der Waals surface area contributed by atoms with Crippen molar-refractivity contribution in [2.45, 2.75) is 32.2 Å². The molecule has 0 aromatic heterocycles. The van der Waals surface area contributed by atoms with Gasteiger partial charge in [-0.3, -0.25) is 0 Å². The summed E-state index contributed by atoms with van der Waals surface area (Å²) in [6, 6.07) is 0. The first-order valence-corrected chi connectivity index (χ1v) is 4.24. The van der Waals surface area contributed by atoms with Crippen molar-refractivity contribution in [3.05, 3.63) is 12.7 Å². The lowest BCUT2D eigenvalue weighted by molar-refractivity contribution is 0.351. The van der Waals surface area contributed by atoms with Crippen molar-refractivity contribution in [1.29, 1.82) is 0 Å². The molecule has 0 bridgehead atoms. The molecule has 0 spiro atoms. The summed E-state index contributed by atoms with van der Waals surface area (Å²) in [5, 5.41) is 3.35. The Morgan fingerprint density at radius 1 is 1.64 bits per heavy atom. The van der Waals surface area contributed by atoms with E-state index < -0.39 is 0 Å². The molecule has 0 aliphatic heterocycles. The summed E-state index contributed by atoms with van der Waals surface area (Å²) in [6.45, 7) is 9.51. The van der Waals surface area contributed by atoms with E-state index in [0.29, 0.717) is 6.54 Å². The van der Waals surface area contributed by atoms with Gasteiger partial charge >= 0.3 is 0 Å². The van der Waals surface area contributed by atoms with Crippen LogP contribution in [0.5, 0.6) is 0 Å². The molecule has 0 aromatic rings. The van der Waals surface area contributed by atoms with Gasteiger partial charge in [-0.15, -0.1) is 6.58 Å². The minimum absolute atomic E-state index is 0.100. The van der Waals surface area contributed by atoms with Crippen LogP contribution in [0.4, 0.5) is 0 Å². The Kier molecular flexibility index (Phi) is 5.16. The van der Waals surface area contributed by atoms with Gasteiger partial charge in [0.2, 0.25) is 0 Å². The molecular weight excluding hydrogens is 136 g/mol. The van der Waals surface area contributed by atoms with Crippen LogP contribution in [0, 0.1) is 0 Å². The second-order valence-electron chi connectivity index (χ2n) is 3.18. The van der Waals surface area contributed by atoms with Gasteiger partial charge in [0.05, 0.1) is 0 Å². The minimum Gasteiger partial charge on any atom is -0.329 e. The van der Waals surface area contributed by atoms with Crippen LogP contribution in [-0.2, 0) is 0 Å². The molecule has 2 nitrogen and oxygen atoms in total. The Morgan fingerprint density at radius 3 is 2.64 bits per heavy atom. The Labute approximate surface area is 69.9 Å². The third kappa shape index (κ3) is 4.17. The second kappa shape index (κ2) is 5.33. The van der Waals surface area contributed by atoms with E-state index in [1.807, 2.05) is 6.08 Å². The van der Waals surface area contributed by atoms with Gasteiger partial charge in [-0.2, -0.15) is 0 Å². The van der Waals surface area contributed by atoms with E-state index in [1.54, 1.807) is 0 Å². The second-order valence-corrected chi connectivity index (χ2v) is 3.18. The van der Waals surface area contributed by atoms with Crippen LogP contribution in [-0.4, -0.2) is 18.6 Å². The van der Waals surface area contributed by atoms with E-state index in [0.717, 1.165) is 19.4 Å². The lowest BCUT2D eigenvalue weighted by Crippen LogP contribution is -2.48. The molecule has 0 aromatic carbocycles. The van der Waals surface area contributed by atoms with Crippen LogP contribution >= 0.6 is 0 Å². The number of nitrogens with one attached hydrogen (secondary N) is 1. The zero-order valence-electron chi connectivity index (χ0n) is 7.69.